The smallest absolute Gasteiger partial charge is 0.120 e. The Balaban J connectivity index is 2.29. The molecule has 0 fully saturated rings. The van der Waals surface area contributed by atoms with Gasteiger partial charge in [-0.3, -0.25) is 4.99 Å². The average molecular weight is 168 g/mol. The average Bonchev–Trinajstić information content (AvgIpc) is 2.36. The molecule has 0 aromatic heterocycles. The number of rotatable bonds is 2. The zero-order valence-corrected chi connectivity index (χ0v) is 7.96. The highest BCUT2D eigenvalue weighted by atomic mass is 15.2. The summed E-state index contributed by atoms with van der Waals surface area (Å²) in [5.74, 6) is 0.961. The van der Waals surface area contributed by atoms with Crippen LogP contribution in [0.1, 0.15) is 20.8 Å². The Kier molecular flexibility index (Phi) is 2.78. The number of nitrogens with zero attached hydrogens (tertiary/aromatic N) is 3. The molecular formula is C8H16N4. The predicted molar refractivity (Wildman–Crippen MR) is 49.8 cm³/mol. The Hall–Kier alpha value is -0.930. The second kappa shape index (κ2) is 3.65. The van der Waals surface area contributed by atoms with Gasteiger partial charge in [0.2, 0.25) is 0 Å². The van der Waals surface area contributed by atoms with E-state index in [1.54, 1.807) is 0 Å². The van der Waals surface area contributed by atoms with Crippen LogP contribution in [0.15, 0.2) is 15.2 Å². The van der Waals surface area contributed by atoms with Gasteiger partial charge in [0.1, 0.15) is 12.4 Å². The first-order valence-electron chi connectivity index (χ1n) is 4.24. The minimum absolute atomic E-state index is 0.0703. The van der Waals surface area contributed by atoms with E-state index >= 15 is 0 Å². The lowest BCUT2D eigenvalue weighted by Gasteiger charge is -2.08. The lowest BCUT2D eigenvalue weighted by atomic mass is 10.1. The van der Waals surface area contributed by atoms with Gasteiger partial charge in [0.15, 0.2) is 0 Å². The van der Waals surface area contributed by atoms with E-state index < -0.39 is 0 Å². The van der Waals surface area contributed by atoms with Crippen LogP contribution in [0.5, 0.6) is 0 Å². The molecular weight excluding hydrogens is 152 g/mol. The normalized spacial score (nSPS) is 18.1. The second-order valence-corrected chi connectivity index (χ2v) is 3.83. The molecule has 0 saturated heterocycles. The summed E-state index contributed by atoms with van der Waals surface area (Å²) >= 11 is 0. The Morgan fingerprint density at radius 2 is 2.25 bits per heavy atom. The number of hydrogen-bond donors (Lipinski definition) is 1. The van der Waals surface area contributed by atoms with Gasteiger partial charge in [0.05, 0.1) is 12.1 Å². The van der Waals surface area contributed by atoms with Crippen molar-refractivity contribution in [3.05, 3.63) is 0 Å². The Morgan fingerprint density at radius 1 is 1.50 bits per heavy atom. The van der Waals surface area contributed by atoms with Gasteiger partial charge >= 0.3 is 0 Å². The number of azo groups is 1. The van der Waals surface area contributed by atoms with E-state index in [1.165, 1.54) is 0 Å². The van der Waals surface area contributed by atoms with Crippen molar-refractivity contribution in [3.63, 3.8) is 0 Å². The van der Waals surface area contributed by atoms with E-state index in [1.807, 2.05) is 20.8 Å². The van der Waals surface area contributed by atoms with Gasteiger partial charge in [-0.2, -0.15) is 10.2 Å². The van der Waals surface area contributed by atoms with Gasteiger partial charge in [-0.05, 0) is 20.8 Å². The molecule has 1 N–H and O–H groups in total. The minimum Gasteiger partial charge on any atom is -0.370 e. The summed E-state index contributed by atoms with van der Waals surface area (Å²) < 4.78 is 0. The summed E-state index contributed by atoms with van der Waals surface area (Å²) in [7, 11) is 0. The number of aliphatic imine (C=N–C) groups is 1. The molecule has 0 atom stereocenters. The minimum atomic E-state index is -0.0703. The van der Waals surface area contributed by atoms with Crippen LogP contribution in [-0.2, 0) is 0 Å². The van der Waals surface area contributed by atoms with E-state index in [0.29, 0.717) is 6.54 Å². The Bertz CT molecular complexity index is 200. The van der Waals surface area contributed by atoms with Gasteiger partial charge in [-0.15, -0.1) is 0 Å². The number of nitrogens with one attached hydrogen (secondary N) is 1. The molecule has 0 unspecified atom stereocenters. The van der Waals surface area contributed by atoms with Crippen LogP contribution >= 0.6 is 0 Å². The van der Waals surface area contributed by atoms with Crippen molar-refractivity contribution >= 4 is 5.84 Å². The molecule has 0 aromatic rings. The van der Waals surface area contributed by atoms with Crippen molar-refractivity contribution in [1.82, 2.24) is 5.32 Å². The lowest BCUT2D eigenvalue weighted by molar-refractivity contribution is 0.544. The molecule has 1 heterocycles. The van der Waals surface area contributed by atoms with Crippen LogP contribution in [0.25, 0.3) is 0 Å². The first kappa shape index (κ1) is 9.16. The van der Waals surface area contributed by atoms with Gasteiger partial charge < -0.3 is 5.32 Å². The molecule has 0 amide bonds. The quantitative estimate of drug-likeness (QED) is 0.619. The van der Waals surface area contributed by atoms with Crippen molar-refractivity contribution in [2.75, 3.05) is 19.6 Å². The molecule has 0 aromatic carbocycles. The van der Waals surface area contributed by atoms with Gasteiger partial charge in [-0.25, -0.2) is 0 Å². The molecule has 0 bridgehead atoms. The van der Waals surface area contributed by atoms with Crippen molar-refractivity contribution in [3.8, 4) is 0 Å². The molecule has 0 aliphatic carbocycles. The van der Waals surface area contributed by atoms with Crippen LogP contribution in [0.4, 0.5) is 0 Å². The summed E-state index contributed by atoms with van der Waals surface area (Å²) in [6.07, 6.45) is 0. The standard InChI is InChI=1S/C8H16N4/c1-8(2,3)12-11-6-7-9-4-5-10-7/h4-6H2,1-3H3,(H,9,10). The summed E-state index contributed by atoms with van der Waals surface area (Å²) in [5, 5.41) is 11.3. The van der Waals surface area contributed by atoms with E-state index in [2.05, 4.69) is 20.5 Å². The fraction of sp³-hybridized carbons (Fsp3) is 0.875. The largest absolute Gasteiger partial charge is 0.370 e. The monoisotopic (exact) mass is 168 g/mol. The molecule has 4 heteroatoms. The SMILES string of the molecule is CC(C)(C)N=NCC1=NCCN1. The summed E-state index contributed by atoms with van der Waals surface area (Å²) in [5.41, 5.74) is -0.0703. The van der Waals surface area contributed by atoms with Crippen molar-refractivity contribution in [2.45, 2.75) is 26.3 Å². The number of amidine groups is 1. The molecule has 1 aliphatic heterocycles. The Morgan fingerprint density at radius 3 is 2.75 bits per heavy atom. The van der Waals surface area contributed by atoms with Crippen LogP contribution in [0, 0.1) is 0 Å². The van der Waals surface area contributed by atoms with E-state index in [0.717, 1.165) is 18.9 Å². The third-order valence-corrected chi connectivity index (χ3v) is 1.33. The molecule has 0 saturated carbocycles. The van der Waals surface area contributed by atoms with Crippen molar-refractivity contribution in [2.24, 2.45) is 15.2 Å². The Labute approximate surface area is 73.2 Å². The first-order chi connectivity index (χ1) is 5.58. The highest BCUT2D eigenvalue weighted by molar-refractivity contribution is 5.85. The molecule has 1 aliphatic rings. The maximum Gasteiger partial charge on any atom is 0.120 e. The maximum atomic E-state index is 4.21. The van der Waals surface area contributed by atoms with Crippen LogP contribution < -0.4 is 5.32 Å². The number of hydrogen-bond acceptors (Lipinski definition) is 4. The second-order valence-electron chi connectivity index (χ2n) is 3.83. The first-order valence-corrected chi connectivity index (χ1v) is 4.24. The van der Waals surface area contributed by atoms with E-state index in [9.17, 15) is 0 Å². The third-order valence-electron chi connectivity index (χ3n) is 1.33. The van der Waals surface area contributed by atoms with E-state index in [-0.39, 0.29) is 5.54 Å². The third kappa shape index (κ3) is 3.46. The fourth-order valence-corrected chi connectivity index (χ4v) is 0.867. The molecule has 4 nitrogen and oxygen atoms in total. The fourth-order valence-electron chi connectivity index (χ4n) is 0.867. The zero-order chi connectivity index (χ0) is 9.03. The van der Waals surface area contributed by atoms with Crippen LogP contribution in [0.2, 0.25) is 0 Å². The molecule has 0 radical (unpaired) electrons. The topological polar surface area (TPSA) is 49.1 Å². The molecule has 12 heavy (non-hydrogen) atoms. The summed E-state index contributed by atoms with van der Waals surface area (Å²) in [4.78, 5) is 4.21. The van der Waals surface area contributed by atoms with Crippen molar-refractivity contribution in [1.29, 1.82) is 0 Å². The molecule has 0 spiro atoms. The predicted octanol–water partition coefficient (Wildman–Crippen LogP) is 1.24. The lowest BCUT2D eigenvalue weighted by Crippen LogP contribution is -2.21. The highest BCUT2D eigenvalue weighted by Gasteiger charge is 2.07. The van der Waals surface area contributed by atoms with Gasteiger partial charge in [-0.1, -0.05) is 0 Å². The van der Waals surface area contributed by atoms with E-state index in [4.69, 9.17) is 0 Å². The molecule has 1 rings (SSSR count). The summed E-state index contributed by atoms with van der Waals surface area (Å²) in [6, 6.07) is 0. The molecule has 68 valence electrons. The van der Waals surface area contributed by atoms with Crippen molar-refractivity contribution < 1.29 is 0 Å². The zero-order valence-electron chi connectivity index (χ0n) is 7.96. The van der Waals surface area contributed by atoms with Crippen LogP contribution in [0.3, 0.4) is 0 Å². The van der Waals surface area contributed by atoms with Crippen LogP contribution in [-0.4, -0.2) is 31.0 Å². The van der Waals surface area contributed by atoms with Gasteiger partial charge in [0, 0.05) is 6.54 Å². The summed E-state index contributed by atoms with van der Waals surface area (Å²) in [6.45, 7) is 8.50. The van der Waals surface area contributed by atoms with Gasteiger partial charge in [0.25, 0.3) is 0 Å². The maximum absolute atomic E-state index is 4.21. The highest BCUT2D eigenvalue weighted by Crippen LogP contribution is 2.06.